The van der Waals surface area contributed by atoms with Crippen molar-refractivity contribution in [1.29, 1.82) is 0 Å². The van der Waals surface area contributed by atoms with Crippen molar-refractivity contribution in [3.63, 3.8) is 0 Å². The standard InChI is InChI=1S/C53H70N12O10/c1-5-22-64(23-6-2)51(72)38-26-36-15-16-37(27-42(36)61-43(54)28-38)48(69)60-40-25-35(29-56-31-40)30-58-53(74)75-32-34-13-17-39(18-14-34)59-49(70)41(11-10-21-57-52(55)73)62-50(71)47(33(3)4)63-44(66)12-8-7-9-24-65-45(67)19-20-46(65)68/h13-20,25-27,29,31,33,41,45,47,67H,5-12,21-24,28,30,32H2,1-4H3,(H2,54,61)(H,58,74)(H,59,70)(H,60,69)(H,62,71)(H,63,66)(H3,55,57,73). The van der Waals surface area contributed by atoms with Crippen molar-refractivity contribution in [2.45, 2.75) is 117 Å². The van der Waals surface area contributed by atoms with Crippen molar-refractivity contribution >= 4 is 76.5 Å². The van der Waals surface area contributed by atoms with Crippen LogP contribution in [0, 0.1) is 5.92 Å². The summed E-state index contributed by atoms with van der Waals surface area (Å²) in [6.07, 6.45) is 9.93. The number of ether oxygens (including phenoxy) is 1. The number of pyridine rings is 1. The highest BCUT2D eigenvalue weighted by molar-refractivity contribution is 6.08. The Labute approximate surface area is 436 Å². The van der Waals surface area contributed by atoms with Gasteiger partial charge in [-0.3, -0.25) is 33.8 Å². The molecule has 5 rings (SSSR count). The van der Waals surface area contributed by atoms with Gasteiger partial charge in [-0.15, -0.1) is 0 Å². The molecule has 3 unspecified atom stereocenters. The molecule has 0 fully saturated rings. The summed E-state index contributed by atoms with van der Waals surface area (Å²) >= 11 is 0. The van der Waals surface area contributed by atoms with E-state index in [1.807, 2.05) is 18.7 Å². The molecule has 3 aromatic rings. The molecule has 2 aromatic carbocycles. The number of aliphatic hydroxyl groups is 1. The van der Waals surface area contributed by atoms with Gasteiger partial charge in [0.05, 0.1) is 17.6 Å². The largest absolute Gasteiger partial charge is 0.445 e. The molecule has 2 aliphatic rings. The van der Waals surface area contributed by atoms with Gasteiger partial charge in [-0.2, -0.15) is 0 Å². The van der Waals surface area contributed by atoms with Crippen LogP contribution >= 0.6 is 0 Å². The number of unbranched alkanes of at least 4 members (excludes halogenated alkanes) is 2. The number of rotatable bonds is 27. The first-order chi connectivity index (χ1) is 35.9. The smallest absolute Gasteiger partial charge is 0.407 e. The molecule has 0 saturated carbocycles. The Hall–Kier alpha value is -8.14. The van der Waals surface area contributed by atoms with Gasteiger partial charge in [0.1, 0.15) is 30.8 Å². The van der Waals surface area contributed by atoms with Gasteiger partial charge < -0.3 is 63.0 Å². The average molecular weight is 1040 g/mol. The number of anilines is 2. The number of benzene rings is 2. The van der Waals surface area contributed by atoms with Crippen molar-refractivity contribution in [3.05, 3.63) is 101 Å². The van der Waals surface area contributed by atoms with Gasteiger partial charge in [-0.25, -0.2) is 14.6 Å². The average Bonchev–Trinajstić information content (AvgIpc) is 3.59. The van der Waals surface area contributed by atoms with Gasteiger partial charge in [-0.05, 0) is 98.1 Å². The SMILES string of the molecule is CCCN(CCC)C(=O)C1=Cc2ccc(C(=O)Nc3cncc(CNC(=O)OCc4ccc(NC(=O)C(CCCNC(N)=O)NC(=O)C(NC(=O)CCCCCN5C(=O)C=CC5O)C(C)C)cc4)c3)cc2N=C(N)C1. The fourth-order valence-electron chi connectivity index (χ4n) is 8.18. The van der Waals surface area contributed by atoms with E-state index in [0.717, 1.165) is 12.8 Å². The van der Waals surface area contributed by atoms with Gasteiger partial charge in [0.2, 0.25) is 29.5 Å². The fourth-order valence-corrected chi connectivity index (χ4v) is 8.18. The van der Waals surface area contributed by atoms with Crippen LogP contribution < -0.4 is 43.4 Å². The number of nitrogens with one attached hydrogen (secondary N) is 6. The maximum atomic E-state index is 13.6. The number of aliphatic hydroxyl groups excluding tert-OH is 1. The molecule has 3 heterocycles. The van der Waals surface area contributed by atoms with Crippen LogP contribution in [-0.2, 0) is 41.9 Å². The van der Waals surface area contributed by atoms with Crippen molar-refractivity contribution in [2.24, 2.45) is 22.4 Å². The van der Waals surface area contributed by atoms with Gasteiger partial charge in [0, 0.05) is 80.2 Å². The number of carbonyl (C=O) groups excluding carboxylic acids is 8. The van der Waals surface area contributed by atoms with Crippen LogP contribution in [0.15, 0.2) is 83.6 Å². The quantitative estimate of drug-likeness (QED) is 0.0478. The summed E-state index contributed by atoms with van der Waals surface area (Å²) in [6, 6.07) is 10.4. The van der Waals surface area contributed by atoms with Crippen molar-refractivity contribution in [3.8, 4) is 0 Å². The van der Waals surface area contributed by atoms with Gasteiger partial charge in [0.25, 0.3) is 5.91 Å². The van der Waals surface area contributed by atoms with E-state index >= 15 is 0 Å². The van der Waals surface area contributed by atoms with E-state index in [1.165, 1.54) is 29.4 Å². The molecule has 0 spiro atoms. The first-order valence-corrected chi connectivity index (χ1v) is 25.3. The zero-order valence-corrected chi connectivity index (χ0v) is 43.0. The molecule has 0 saturated heterocycles. The molecule has 0 radical (unpaired) electrons. The second-order valence-corrected chi connectivity index (χ2v) is 18.6. The molecule has 1 aromatic heterocycles. The minimum absolute atomic E-state index is 0.0323. The highest BCUT2D eigenvalue weighted by atomic mass is 16.5. The zero-order chi connectivity index (χ0) is 54.4. The molecule has 75 heavy (non-hydrogen) atoms. The maximum absolute atomic E-state index is 13.6. The molecule has 22 nitrogen and oxygen atoms in total. The summed E-state index contributed by atoms with van der Waals surface area (Å²) in [5, 5.41) is 26.1. The van der Waals surface area contributed by atoms with E-state index in [2.05, 4.69) is 41.9 Å². The molecule has 402 valence electrons. The number of carbonyl (C=O) groups is 8. The minimum Gasteiger partial charge on any atom is -0.445 e. The zero-order valence-electron chi connectivity index (χ0n) is 43.0. The lowest BCUT2D eigenvalue weighted by molar-refractivity contribution is -0.132. The first kappa shape index (κ1) is 57.8. The van der Waals surface area contributed by atoms with Gasteiger partial charge in [0.15, 0.2) is 0 Å². The number of primary amides is 1. The maximum Gasteiger partial charge on any atom is 0.407 e. The van der Waals surface area contributed by atoms with Crippen molar-refractivity contribution in [2.75, 3.05) is 36.8 Å². The minimum atomic E-state index is -1.06. The van der Waals surface area contributed by atoms with Gasteiger partial charge in [-0.1, -0.05) is 52.3 Å². The number of fused-ring (bicyclic) bond motifs is 1. The topological polar surface area (TPSA) is 322 Å². The summed E-state index contributed by atoms with van der Waals surface area (Å²) < 4.78 is 5.41. The summed E-state index contributed by atoms with van der Waals surface area (Å²) in [6.45, 7) is 9.27. The Morgan fingerprint density at radius 2 is 1.61 bits per heavy atom. The number of amidine groups is 1. The number of nitrogens with two attached hydrogens (primary N) is 2. The van der Waals surface area contributed by atoms with E-state index < -0.39 is 48.2 Å². The lowest BCUT2D eigenvalue weighted by atomic mass is 10.0. The molecule has 22 heteroatoms. The fraction of sp³-hybridized carbons (Fsp3) is 0.434. The normalized spacial score (nSPS) is 14.6. The summed E-state index contributed by atoms with van der Waals surface area (Å²) in [4.78, 5) is 114. The molecule has 0 aliphatic carbocycles. The monoisotopic (exact) mass is 1030 g/mol. The third kappa shape index (κ3) is 18.4. The number of aromatic nitrogens is 1. The first-order valence-electron chi connectivity index (χ1n) is 25.3. The number of nitrogens with zero attached hydrogens (tertiary/aromatic N) is 4. The Morgan fingerprint density at radius 3 is 2.29 bits per heavy atom. The molecule has 9 amide bonds. The number of hydrogen-bond acceptors (Lipinski definition) is 13. The van der Waals surface area contributed by atoms with Crippen LogP contribution in [0.4, 0.5) is 26.7 Å². The second-order valence-electron chi connectivity index (χ2n) is 18.6. The Morgan fingerprint density at radius 1 is 0.867 bits per heavy atom. The van der Waals surface area contributed by atoms with Crippen LogP contribution in [0.25, 0.3) is 6.08 Å². The van der Waals surface area contributed by atoms with Gasteiger partial charge >= 0.3 is 12.1 Å². The Kier molecular flexibility index (Phi) is 22.3. The summed E-state index contributed by atoms with van der Waals surface area (Å²) in [5.74, 6) is -2.32. The molecule has 2 aliphatic heterocycles. The third-order valence-electron chi connectivity index (χ3n) is 12.1. The van der Waals surface area contributed by atoms with Crippen LogP contribution in [0.1, 0.15) is 113 Å². The lowest BCUT2D eigenvalue weighted by Crippen LogP contribution is -2.54. The van der Waals surface area contributed by atoms with E-state index in [0.29, 0.717) is 90.2 Å². The predicted octanol–water partition coefficient (Wildman–Crippen LogP) is 4.47. The number of aliphatic imine (C=N–C) groups is 1. The Bertz CT molecular complexity index is 2610. The van der Waals surface area contributed by atoms with E-state index in [-0.39, 0.29) is 68.4 Å². The number of amides is 9. The molecular weight excluding hydrogens is 965 g/mol. The molecule has 3 atom stereocenters. The highest BCUT2D eigenvalue weighted by Crippen LogP contribution is 2.29. The number of urea groups is 1. The second kappa shape index (κ2) is 28.9. The van der Waals surface area contributed by atoms with E-state index in [9.17, 15) is 43.5 Å². The van der Waals surface area contributed by atoms with Crippen LogP contribution in [0.3, 0.4) is 0 Å². The number of hydrogen-bond donors (Lipinski definition) is 9. The summed E-state index contributed by atoms with van der Waals surface area (Å²) in [7, 11) is 0. The predicted molar refractivity (Wildman–Crippen MR) is 283 cm³/mol. The molecule has 11 N–H and O–H groups in total. The number of alkyl carbamates (subject to hydrolysis) is 1. The van der Waals surface area contributed by atoms with Crippen LogP contribution in [0.5, 0.6) is 0 Å². The van der Waals surface area contributed by atoms with Crippen LogP contribution in [0.2, 0.25) is 0 Å². The van der Waals surface area contributed by atoms with Crippen molar-refractivity contribution in [1.82, 2.24) is 36.1 Å². The molecular formula is C53H70N12O10. The third-order valence-corrected chi connectivity index (χ3v) is 12.1. The summed E-state index contributed by atoms with van der Waals surface area (Å²) in [5.41, 5.74) is 15.4. The van der Waals surface area contributed by atoms with E-state index in [4.69, 9.17) is 16.2 Å². The van der Waals surface area contributed by atoms with Crippen LogP contribution in [-0.4, -0.2) is 118 Å². The van der Waals surface area contributed by atoms with Crippen molar-refractivity contribution < 1.29 is 48.2 Å². The Balaban J connectivity index is 1.09. The highest BCUT2D eigenvalue weighted by Gasteiger charge is 2.29. The lowest BCUT2D eigenvalue weighted by Gasteiger charge is -2.25. The molecule has 0 bridgehead atoms. The van der Waals surface area contributed by atoms with E-state index in [1.54, 1.807) is 68.5 Å².